The topological polar surface area (TPSA) is 47.0 Å². The SMILES string of the molecule is O=C1c2ccccc2C(=O)c2cc(-c3ccc4ccncc4c3)ccc21. The molecule has 4 aromatic rings. The molecule has 0 atom stereocenters. The Morgan fingerprint density at radius 1 is 0.577 bits per heavy atom. The van der Waals surface area contributed by atoms with Crippen molar-refractivity contribution < 1.29 is 9.59 Å². The average Bonchev–Trinajstić information content (AvgIpc) is 2.71. The number of ketones is 2. The van der Waals surface area contributed by atoms with Crippen LogP contribution in [0.25, 0.3) is 21.9 Å². The van der Waals surface area contributed by atoms with Crippen LogP contribution in [-0.4, -0.2) is 16.6 Å². The van der Waals surface area contributed by atoms with Gasteiger partial charge in [-0.2, -0.15) is 0 Å². The van der Waals surface area contributed by atoms with E-state index in [0.717, 1.165) is 21.9 Å². The lowest BCUT2D eigenvalue weighted by molar-refractivity contribution is 0.0979. The molecule has 3 heteroatoms. The predicted molar refractivity (Wildman–Crippen MR) is 100 cm³/mol. The van der Waals surface area contributed by atoms with Crippen molar-refractivity contribution in [2.45, 2.75) is 0 Å². The van der Waals surface area contributed by atoms with Crippen molar-refractivity contribution in [2.75, 3.05) is 0 Å². The highest BCUT2D eigenvalue weighted by molar-refractivity contribution is 6.28. The standard InChI is InChI=1S/C23H13NO2/c25-22-18-3-1-2-4-19(18)23(26)21-12-16(7-8-20(21)22)15-6-5-14-9-10-24-13-17(14)11-15/h1-13H. The van der Waals surface area contributed by atoms with Crippen LogP contribution in [-0.2, 0) is 0 Å². The lowest BCUT2D eigenvalue weighted by atomic mass is 9.83. The minimum absolute atomic E-state index is 0.0931. The Balaban J connectivity index is 1.67. The molecular weight excluding hydrogens is 322 g/mol. The minimum atomic E-state index is -0.0977. The summed E-state index contributed by atoms with van der Waals surface area (Å²) in [6.07, 6.45) is 3.59. The summed E-state index contributed by atoms with van der Waals surface area (Å²) in [6.45, 7) is 0. The quantitative estimate of drug-likeness (QED) is 0.447. The Bertz CT molecular complexity index is 1220. The summed E-state index contributed by atoms with van der Waals surface area (Å²) in [7, 11) is 0. The number of carbonyl (C=O) groups is 2. The molecule has 3 nitrogen and oxygen atoms in total. The first-order valence-corrected chi connectivity index (χ1v) is 8.39. The molecule has 0 amide bonds. The molecule has 0 spiro atoms. The summed E-state index contributed by atoms with van der Waals surface area (Å²) in [5.74, 6) is -0.191. The van der Waals surface area contributed by atoms with Gasteiger partial charge in [-0.1, -0.05) is 42.5 Å². The van der Waals surface area contributed by atoms with Gasteiger partial charge in [-0.25, -0.2) is 0 Å². The van der Waals surface area contributed by atoms with Crippen LogP contribution in [0.4, 0.5) is 0 Å². The van der Waals surface area contributed by atoms with Crippen LogP contribution in [0.5, 0.6) is 0 Å². The highest BCUT2D eigenvalue weighted by Crippen LogP contribution is 2.31. The van der Waals surface area contributed by atoms with Crippen LogP contribution in [0.15, 0.2) is 79.1 Å². The third-order valence-corrected chi connectivity index (χ3v) is 4.90. The van der Waals surface area contributed by atoms with Crippen molar-refractivity contribution >= 4 is 22.3 Å². The van der Waals surface area contributed by atoms with Gasteiger partial charge in [0.05, 0.1) is 0 Å². The Morgan fingerprint density at radius 3 is 2.04 bits per heavy atom. The van der Waals surface area contributed by atoms with Gasteiger partial charge in [0.25, 0.3) is 0 Å². The molecule has 0 saturated heterocycles. The van der Waals surface area contributed by atoms with E-state index in [1.165, 1.54) is 0 Å². The molecular formula is C23H13NO2. The van der Waals surface area contributed by atoms with E-state index >= 15 is 0 Å². The number of benzene rings is 3. The van der Waals surface area contributed by atoms with Crippen LogP contribution in [0.1, 0.15) is 31.8 Å². The van der Waals surface area contributed by atoms with Crippen LogP contribution in [0.3, 0.4) is 0 Å². The maximum atomic E-state index is 12.9. The zero-order valence-electron chi connectivity index (χ0n) is 13.8. The number of hydrogen-bond acceptors (Lipinski definition) is 3. The molecule has 1 heterocycles. The van der Waals surface area contributed by atoms with Gasteiger partial charge in [0.1, 0.15) is 0 Å². The van der Waals surface area contributed by atoms with Gasteiger partial charge in [-0.3, -0.25) is 14.6 Å². The fraction of sp³-hybridized carbons (Fsp3) is 0. The summed E-state index contributed by atoms with van der Waals surface area (Å²) in [4.78, 5) is 29.8. The molecule has 1 aliphatic carbocycles. The Hall–Kier alpha value is -3.59. The van der Waals surface area contributed by atoms with Crippen molar-refractivity contribution in [3.63, 3.8) is 0 Å². The largest absolute Gasteiger partial charge is 0.289 e. The second kappa shape index (κ2) is 5.46. The van der Waals surface area contributed by atoms with Crippen LogP contribution in [0.2, 0.25) is 0 Å². The van der Waals surface area contributed by atoms with Crippen LogP contribution < -0.4 is 0 Å². The van der Waals surface area contributed by atoms with Gasteiger partial charge in [0.2, 0.25) is 0 Å². The van der Waals surface area contributed by atoms with Gasteiger partial charge in [0, 0.05) is 40.0 Å². The molecule has 1 aliphatic rings. The smallest absolute Gasteiger partial charge is 0.194 e. The zero-order valence-corrected chi connectivity index (χ0v) is 13.8. The number of aromatic nitrogens is 1. The number of nitrogens with zero attached hydrogens (tertiary/aromatic N) is 1. The molecule has 1 aromatic heterocycles. The first-order valence-electron chi connectivity index (χ1n) is 8.39. The summed E-state index contributed by atoms with van der Waals surface area (Å²) < 4.78 is 0. The molecule has 3 aromatic carbocycles. The van der Waals surface area contributed by atoms with Gasteiger partial charge in [-0.05, 0) is 40.8 Å². The van der Waals surface area contributed by atoms with Gasteiger partial charge >= 0.3 is 0 Å². The molecule has 0 bridgehead atoms. The summed E-state index contributed by atoms with van der Waals surface area (Å²) in [6, 6.07) is 20.5. The Kier molecular flexibility index (Phi) is 3.09. The minimum Gasteiger partial charge on any atom is -0.289 e. The number of hydrogen-bond donors (Lipinski definition) is 0. The third kappa shape index (κ3) is 2.11. The zero-order chi connectivity index (χ0) is 17.7. The van der Waals surface area contributed by atoms with Crippen molar-refractivity contribution in [1.82, 2.24) is 4.98 Å². The molecule has 0 fully saturated rings. The monoisotopic (exact) mass is 335 g/mol. The third-order valence-electron chi connectivity index (χ3n) is 4.90. The first kappa shape index (κ1) is 14.7. The maximum absolute atomic E-state index is 12.9. The number of carbonyl (C=O) groups excluding carboxylic acids is 2. The van der Waals surface area contributed by atoms with E-state index < -0.39 is 0 Å². The predicted octanol–water partition coefficient (Wildman–Crippen LogP) is 4.68. The summed E-state index contributed by atoms with van der Waals surface area (Å²) in [5, 5.41) is 2.15. The second-order valence-corrected chi connectivity index (χ2v) is 6.40. The van der Waals surface area contributed by atoms with Gasteiger partial charge < -0.3 is 0 Å². The van der Waals surface area contributed by atoms with E-state index in [-0.39, 0.29) is 11.6 Å². The normalized spacial score (nSPS) is 12.8. The fourth-order valence-corrected chi connectivity index (χ4v) is 3.54. The Labute approximate surface area is 149 Å². The Morgan fingerprint density at radius 2 is 1.23 bits per heavy atom. The van der Waals surface area contributed by atoms with Crippen molar-refractivity contribution in [1.29, 1.82) is 0 Å². The summed E-state index contributed by atoms with van der Waals surface area (Å²) in [5.41, 5.74) is 3.80. The summed E-state index contributed by atoms with van der Waals surface area (Å²) >= 11 is 0. The van der Waals surface area contributed by atoms with Gasteiger partial charge in [0.15, 0.2) is 11.6 Å². The number of fused-ring (bicyclic) bond motifs is 3. The van der Waals surface area contributed by atoms with E-state index in [9.17, 15) is 9.59 Å². The van der Waals surface area contributed by atoms with Crippen LogP contribution >= 0.6 is 0 Å². The highest BCUT2D eigenvalue weighted by atomic mass is 16.1. The van der Waals surface area contributed by atoms with E-state index in [2.05, 4.69) is 4.98 Å². The van der Waals surface area contributed by atoms with Crippen molar-refractivity contribution in [3.8, 4) is 11.1 Å². The van der Waals surface area contributed by atoms with E-state index in [4.69, 9.17) is 0 Å². The molecule has 122 valence electrons. The van der Waals surface area contributed by atoms with E-state index in [1.54, 1.807) is 36.5 Å². The molecule has 0 N–H and O–H groups in total. The highest BCUT2D eigenvalue weighted by Gasteiger charge is 2.29. The second-order valence-electron chi connectivity index (χ2n) is 6.40. The lowest BCUT2D eigenvalue weighted by Gasteiger charge is -2.18. The molecule has 0 aliphatic heterocycles. The van der Waals surface area contributed by atoms with E-state index in [1.807, 2.05) is 42.6 Å². The molecule has 0 radical (unpaired) electrons. The molecule has 0 unspecified atom stereocenters. The lowest BCUT2D eigenvalue weighted by Crippen LogP contribution is -2.20. The first-order chi connectivity index (χ1) is 12.7. The van der Waals surface area contributed by atoms with Crippen molar-refractivity contribution in [2.24, 2.45) is 0 Å². The number of pyridine rings is 1. The fourth-order valence-electron chi connectivity index (χ4n) is 3.54. The van der Waals surface area contributed by atoms with Crippen molar-refractivity contribution in [3.05, 3.63) is 101 Å². The van der Waals surface area contributed by atoms with Crippen LogP contribution in [0, 0.1) is 0 Å². The maximum Gasteiger partial charge on any atom is 0.194 e. The molecule has 5 rings (SSSR count). The van der Waals surface area contributed by atoms with Gasteiger partial charge in [-0.15, -0.1) is 0 Å². The average molecular weight is 335 g/mol. The van der Waals surface area contributed by atoms with E-state index in [0.29, 0.717) is 22.3 Å². The molecule has 0 saturated carbocycles. The number of rotatable bonds is 1. The molecule has 26 heavy (non-hydrogen) atoms.